The molecule has 0 saturated heterocycles. The molecule has 1 N–H and O–H groups in total. The molecular weight excluding hydrogens is 318 g/mol. The quantitative estimate of drug-likeness (QED) is 0.784. The monoisotopic (exact) mass is 329 g/mol. The lowest BCUT2D eigenvalue weighted by Crippen LogP contribution is -2.08. The van der Waals surface area contributed by atoms with Crippen molar-refractivity contribution in [1.29, 1.82) is 0 Å². The van der Waals surface area contributed by atoms with Gasteiger partial charge in [0.05, 0.1) is 0 Å². The van der Waals surface area contributed by atoms with Crippen LogP contribution in [0.15, 0.2) is 59.2 Å². The molecule has 0 atom stereocenters. The molecule has 0 bridgehead atoms. The first-order chi connectivity index (χ1) is 9.66. The topological polar surface area (TPSA) is 42.2 Å². The normalized spacial score (nSPS) is 10.8. The standard InChI is InChI=1S/C16H12BrNO2/c17-14-8-7-11(12-4-1-2-5-13(12)14)10-18-9-3-6-15(18)16(19)20/h1-9H,10H2,(H,19,20). The van der Waals surface area contributed by atoms with E-state index in [-0.39, 0.29) is 0 Å². The highest BCUT2D eigenvalue weighted by molar-refractivity contribution is 9.10. The van der Waals surface area contributed by atoms with Crippen molar-refractivity contribution < 1.29 is 9.90 Å². The maximum atomic E-state index is 11.2. The van der Waals surface area contributed by atoms with Gasteiger partial charge in [0.2, 0.25) is 0 Å². The molecule has 100 valence electrons. The van der Waals surface area contributed by atoms with Gasteiger partial charge in [0, 0.05) is 17.2 Å². The van der Waals surface area contributed by atoms with Crippen molar-refractivity contribution in [2.24, 2.45) is 0 Å². The van der Waals surface area contributed by atoms with E-state index >= 15 is 0 Å². The minimum Gasteiger partial charge on any atom is -0.477 e. The number of fused-ring (bicyclic) bond motifs is 1. The Morgan fingerprint density at radius 2 is 1.80 bits per heavy atom. The van der Waals surface area contributed by atoms with Crippen LogP contribution in [0.4, 0.5) is 0 Å². The largest absolute Gasteiger partial charge is 0.477 e. The van der Waals surface area contributed by atoms with Crippen LogP contribution >= 0.6 is 15.9 Å². The van der Waals surface area contributed by atoms with Gasteiger partial charge < -0.3 is 9.67 Å². The fraction of sp³-hybridized carbons (Fsp3) is 0.0625. The first kappa shape index (κ1) is 12.9. The predicted molar refractivity (Wildman–Crippen MR) is 82.1 cm³/mol. The van der Waals surface area contributed by atoms with Crippen molar-refractivity contribution in [2.75, 3.05) is 0 Å². The number of nitrogens with zero attached hydrogens (tertiary/aromatic N) is 1. The highest BCUT2D eigenvalue weighted by Gasteiger charge is 2.10. The summed E-state index contributed by atoms with van der Waals surface area (Å²) in [4.78, 5) is 11.2. The Hall–Kier alpha value is -2.07. The summed E-state index contributed by atoms with van der Waals surface area (Å²) in [6.45, 7) is 0.544. The van der Waals surface area contributed by atoms with Crippen LogP contribution in [0, 0.1) is 0 Å². The van der Waals surface area contributed by atoms with Gasteiger partial charge in [-0.1, -0.05) is 46.3 Å². The van der Waals surface area contributed by atoms with Crippen molar-refractivity contribution in [1.82, 2.24) is 4.57 Å². The zero-order chi connectivity index (χ0) is 14.1. The van der Waals surface area contributed by atoms with E-state index in [1.165, 1.54) is 0 Å². The van der Waals surface area contributed by atoms with Gasteiger partial charge in [-0.3, -0.25) is 0 Å². The number of rotatable bonds is 3. The summed E-state index contributed by atoms with van der Waals surface area (Å²) in [6.07, 6.45) is 1.79. The number of hydrogen-bond acceptors (Lipinski definition) is 1. The predicted octanol–water partition coefficient (Wildman–Crippen LogP) is 4.15. The summed E-state index contributed by atoms with van der Waals surface area (Å²) >= 11 is 3.55. The summed E-state index contributed by atoms with van der Waals surface area (Å²) in [6, 6.07) is 15.5. The molecule has 3 nitrogen and oxygen atoms in total. The zero-order valence-corrected chi connectivity index (χ0v) is 12.2. The molecule has 0 saturated carbocycles. The maximum absolute atomic E-state index is 11.2. The molecule has 0 aliphatic rings. The van der Waals surface area contributed by atoms with E-state index in [9.17, 15) is 4.79 Å². The third kappa shape index (κ3) is 2.23. The van der Waals surface area contributed by atoms with E-state index in [0.29, 0.717) is 12.2 Å². The van der Waals surface area contributed by atoms with Gasteiger partial charge in [0.25, 0.3) is 0 Å². The van der Waals surface area contributed by atoms with Crippen LogP contribution in [0.1, 0.15) is 16.1 Å². The smallest absolute Gasteiger partial charge is 0.352 e. The van der Waals surface area contributed by atoms with Crippen LogP contribution in [0.2, 0.25) is 0 Å². The highest BCUT2D eigenvalue weighted by atomic mass is 79.9. The van der Waals surface area contributed by atoms with Crippen LogP contribution in [-0.2, 0) is 6.54 Å². The maximum Gasteiger partial charge on any atom is 0.352 e. The number of carbonyl (C=O) groups is 1. The molecule has 3 aromatic rings. The Morgan fingerprint density at radius 3 is 2.55 bits per heavy atom. The Labute approximate surface area is 124 Å². The van der Waals surface area contributed by atoms with Crippen molar-refractivity contribution >= 4 is 32.7 Å². The lowest BCUT2D eigenvalue weighted by molar-refractivity contribution is 0.0685. The summed E-state index contributed by atoms with van der Waals surface area (Å²) in [5, 5.41) is 11.4. The molecule has 0 amide bonds. The molecule has 1 heterocycles. The first-order valence-electron chi connectivity index (χ1n) is 6.21. The van der Waals surface area contributed by atoms with E-state index in [1.807, 2.05) is 24.3 Å². The SMILES string of the molecule is O=C(O)c1cccn1Cc1ccc(Br)c2ccccc12. The Morgan fingerprint density at radius 1 is 1.05 bits per heavy atom. The molecule has 1 aromatic heterocycles. The van der Waals surface area contributed by atoms with E-state index in [0.717, 1.165) is 20.8 Å². The fourth-order valence-electron chi connectivity index (χ4n) is 2.39. The van der Waals surface area contributed by atoms with Crippen LogP contribution in [-0.4, -0.2) is 15.6 Å². The van der Waals surface area contributed by atoms with Gasteiger partial charge in [-0.2, -0.15) is 0 Å². The average Bonchev–Trinajstić information content (AvgIpc) is 2.91. The van der Waals surface area contributed by atoms with Gasteiger partial charge in [-0.25, -0.2) is 4.79 Å². The molecule has 4 heteroatoms. The van der Waals surface area contributed by atoms with Crippen LogP contribution < -0.4 is 0 Å². The first-order valence-corrected chi connectivity index (χ1v) is 7.00. The molecule has 0 aliphatic heterocycles. The van der Waals surface area contributed by atoms with Crippen LogP contribution in [0.25, 0.3) is 10.8 Å². The molecule has 0 aliphatic carbocycles. The number of carboxylic acid groups (broad SMARTS) is 1. The number of hydrogen-bond donors (Lipinski definition) is 1. The minimum absolute atomic E-state index is 0.303. The summed E-state index contributed by atoms with van der Waals surface area (Å²) in [7, 11) is 0. The van der Waals surface area contributed by atoms with Gasteiger partial charge in [-0.05, 0) is 34.5 Å². The Bertz CT molecular complexity index is 792. The van der Waals surface area contributed by atoms with Crippen molar-refractivity contribution in [2.45, 2.75) is 6.54 Å². The van der Waals surface area contributed by atoms with Crippen molar-refractivity contribution in [3.63, 3.8) is 0 Å². The highest BCUT2D eigenvalue weighted by Crippen LogP contribution is 2.27. The van der Waals surface area contributed by atoms with Crippen LogP contribution in [0.5, 0.6) is 0 Å². The van der Waals surface area contributed by atoms with Gasteiger partial charge in [0.1, 0.15) is 5.69 Å². The molecule has 0 radical (unpaired) electrons. The lowest BCUT2D eigenvalue weighted by atomic mass is 10.0. The molecule has 2 aromatic carbocycles. The second kappa shape index (κ2) is 5.13. The van der Waals surface area contributed by atoms with E-state index < -0.39 is 5.97 Å². The zero-order valence-electron chi connectivity index (χ0n) is 10.6. The summed E-state index contributed by atoms with van der Waals surface area (Å²) in [5.74, 6) is -0.906. The summed E-state index contributed by atoms with van der Waals surface area (Å²) in [5.41, 5.74) is 1.40. The van der Waals surface area contributed by atoms with E-state index in [4.69, 9.17) is 5.11 Å². The van der Waals surface area contributed by atoms with Gasteiger partial charge in [0.15, 0.2) is 0 Å². The third-order valence-corrected chi connectivity index (χ3v) is 4.04. The van der Waals surface area contributed by atoms with Crippen molar-refractivity contribution in [3.05, 3.63) is 70.5 Å². The minimum atomic E-state index is -0.906. The van der Waals surface area contributed by atoms with Gasteiger partial charge in [-0.15, -0.1) is 0 Å². The van der Waals surface area contributed by atoms with Crippen LogP contribution in [0.3, 0.4) is 0 Å². The lowest BCUT2D eigenvalue weighted by Gasteiger charge is -2.11. The number of benzene rings is 2. The number of aromatic carboxylic acids is 1. The van der Waals surface area contributed by atoms with E-state index in [1.54, 1.807) is 22.9 Å². The Balaban J connectivity index is 2.09. The summed E-state index contributed by atoms with van der Waals surface area (Å²) < 4.78 is 2.79. The number of halogens is 1. The third-order valence-electron chi connectivity index (χ3n) is 3.35. The molecule has 0 spiro atoms. The second-order valence-electron chi connectivity index (χ2n) is 4.58. The average molecular weight is 330 g/mol. The van der Waals surface area contributed by atoms with E-state index in [2.05, 4.69) is 28.1 Å². The number of aromatic nitrogens is 1. The van der Waals surface area contributed by atoms with Crippen molar-refractivity contribution in [3.8, 4) is 0 Å². The molecular formula is C16H12BrNO2. The molecule has 0 unspecified atom stereocenters. The molecule has 0 fully saturated rings. The second-order valence-corrected chi connectivity index (χ2v) is 5.43. The molecule has 20 heavy (non-hydrogen) atoms. The Kier molecular flexibility index (Phi) is 3.32. The fourth-order valence-corrected chi connectivity index (χ4v) is 2.87. The number of carboxylic acids is 1. The molecule has 3 rings (SSSR count). The van der Waals surface area contributed by atoms with Gasteiger partial charge >= 0.3 is 5.97 Å².